The molecule has 0 aliphatic heterocycles. The molecule has 1 atom stereocenters. The highest BCUT2D eigenvalue weighted by atomic mass is 32.2. The van der Waals surface area contributed by atoms with E-state index in [-0.39, 0.29) is 0 Å². The van der Waals surface area contributed by atoms with Gasteiger partial charge < -0.3 is 11.5 Å². The molecule has 0 aliphatic carbocycles. The minimum Gasteiger partial charge on any atom is -0.368 e. The molecule has 0 radical (unpaired) electrons. The summed E-state index contributed by atoms with van der Waals surface area (Å²) in [5.41, 5.74) is 11.8. The van der Waals surface area contributed by atoms with Gasteiger partial charge in [0.1, 0.15) is 0 Å². The van der Waals surface area contributed by atoms with E-state index in [1.54, 1.807) is 11.8 Å². The molecule has 0 saturated heterocycles. The molecule has 76 valence electrons. The quantitative estimate of drug-likeness (QED) is 0.753. The summed E-state index contributed by atoms with van der Waals surface area (Å²) in [6.07, 6.45) is 0. The molecule has 4 N–H and O–H groups in total. The van der Waals surface area contributed by atoms with Crippen LogP contribution < -0.4 is 11.5 Å². The van der Waals surface area contributed by atoms with Crippen LogP contribution in [0.4, 0.5) is 0 Å². The molecule has 0 spiro atoms. The molecule has 0 aromatic heterocycles. The number of rotatable bonds is 5. The molecule has 3 nitrogen and oxygen atoms in total. The highest BCUT2D eigenvalue weighted by Crippen LogP contribution is 2.11. The third-order valence-corrected chi connectivity index (χ3v) is 2.91. The lowest BCUT2D eigenvalue weighted by atomic mass is 10.2. The molecule has 1 rings (SSSR count). The zero-order valence-corrected chi connectivity index (χ0v) is 8.67. The maximum atomic E-state index is 10.6. The van der Waals surface area contributed by atoms with Crippen LogP contribution in [-0.2, 0) is 10.5 Å². The highest BCUT2D eigenvalue weighted by molar-refractivity contribution is 7.98. The number of hydrogen-bond acceptors (Lipinski definition) is 3. The average molecular weight is 210 g/mol. The normalized spacial score (nSPS) is 12.4. The molecule has 0 unspecified atom stereocenters. The first-order valence-electron chi connectivity index (χ1n) is 4.36. The Morgan fingerprint density at radius 1 is 1.36 bits per heavy atom. The van der Waals surface area contributed by atoms with Gasteiger partial charge in [-0.2, -0.15) is 11.8 Å². The summed E-state index contributed by atoms with van der Waals surface area (Å²) in [6.45, 7) is 0. The number of benzene rings is 1. The summed E-state index contributed by atoms with van der Waals surface area (Å²) in [4.78, 5) is 10.6. The van der Waals surface area contributed by atoms with Gasteiger partial charge in [-0.15, -0.1) is 0 Å². The molecular weight excluding hydrogens is 196 g/mol. The van der Waals surface area contributed by atoms with Crippen LogP contribution in [0.3, 0.4) is 0 Å². The average Bonchev–Trinajstić information content (AvgIpc) is 2.19. The first-order chi connectivity index (χ1) is 6.70. The van der Waals surface area contributed by atoms with Crippen LogP contribution in [-0.4, -0.2) is 17.7 Å². The second-order valence-corrected chi connectivity index (χ2v) is 4.04. The van der Waals surface area contributed by atoms with Gasteiger partial charge in [0.15, 0.2) is 0 Å². The predicted octanol–water partition coefficient (Wildman–Crippen LogP) is 0.732. The van der Waals surface area contributed by atoms with E-state index in [2.05, 4.69) is 0 Å². The van der Waals surface area contributed by atoms with E-state index in [0.717, 1.165) is 5.75 Å². The van der Waals surface area contributed by atoms with Crippen LogP contribution in [0.2, 0.25) is 0 Å². The Labute approximate surface area is 87.9 Å². The Hall–Kier alpha value is -1.00. The zero-order valence-electron chi connectivity index (χ0n) is 7.85. The van der Waals surface area contributed by atoms with Crippen molar-refractivity contribution in [2.75, 3.05) is 5.75 Å². The third kappa shape index (κ3) is 3.81. The maximum Gasteiger partial charge on any atom is 0.235 e. The van der Waals surface area contributed by atoms with E-state index in [1.807, 2.05) is 30.3 Å². The van der Waals surface area contributed by atoms with Gasteiger partial charge in [-0.25, -0.2) is 0 Å². The van der Waals surface area contributed by atoms with Crippen LogP contribution >= 0.6 is 11.8 Å². The van der Waals surface area contributed by atoms with Gasteiger partial charge in [0, 0.05) is 11.5 Å². The first kappa shape index (κ1) is 11.1. The molecule has 4 heteroatoms. The number of carbonyl (C=O) groups is 1. The van der Waals surface area contributed by atoms with Crippen molar-refractivity contribution in [3.8, 4) is 0 Å². The Morgan fingerprint density at radius 3 is 2.57 bits per heavy atom. The minimum absolute atomic E-state index is 0.439. The first-order valence-corrected chi connectivity index (χ1v) is 5.52. The summed E-state index contributed by atoms with van der Waals surface area (Å²) in [5.74, 6) is 0.997. The monoisotopic (exact) mass is 210 g/mol. The van der Waals surface area contributed by atoms with Gasteiger partial charge in [0.05, 0.1) is 6.04 Å². The van der Waals surface area contributed by atoms with Crippen LogP contribution in [0, 0.1) is 0 Å². The van der Waals surface area contributed by atoms with E-state index in [0.29, 0.717) is 5.75 Å². The largest absolute Gasteiger partial charge is 0.368 e. The summed E-state index contributed by atoms with van der Waals surface area (Å²) < 4.78 is 0. The topological polar surface area (TPSA) is 69.1 Å². The summed E-state index contributed by atoms with van der Waals surface area (Å²) >= 11 is 1.62. The van der Waals surface area contributed by atoms with Crippen molar-refractivity contribution < 1.29 is 4.79 Å². The lowest BCUT2D eigenvalue weighted by Gasteiger charge is -2.06. The molecular formula is C10H14N2OS. The fourth-order valence-corrected chi connectivity index (χ4v) is 1.92. The van der Waals surface area contributed by atoms with Crippen molar-refractivity contribution >= 4 is 17.7 Å². The van der Waals surface area contributed by atoms with E-state index in [4.69, 9.17) is 11.5 Å². The number of nitrogens with two attached hydrogens (primary N) is 2. The molecule has 1 amide bonds. The molecule has 0 bridgehead atoms. The predicted molar refractivity (Wildman–Crippen MR) is 59.8 cm³/mol. The van der Waals surface area contributed by atoms with Crippen molar-refractivity contribution in [1.29, 1.82) is 0 Å². The molecule has 14 heavy (non-hydrogen) atoms. The third-order valence-electron chi connectivity index (χ3n) is 1.77. The van der Waals surface area contributed by atoms with Gasteiger partial charge in [-0.3, -0.25) is 4.79 Å². The Morgan fingerprint density at radius 2 is 2.00 bits per heavy atom. The van der Waals surface area contributed by atoms with Crippen LogP contribution in [0.15, 0.2) is 30.3 Å². The summed E-state index contributed by atoms with van der Waals surface area (Å²) in [6, 6.07) is 9.51. The van der Waals surface area contributed by atoms with Crippen molar-refractivity contribution in [2.45, 2.75) is 11.8 Å². The Balaban J connectivity index is 2.26. The zero-order chi connectivity index (χ0) is 10.4. The number of amides is 1. The molecule has 1 aromatic rings. The second-order valence-electron chi connectivity index (χ2n) is 3.01. The summed E-state index contributed by atoms with van der Waals surface area (Å²) in [5, 5.41) is 0. The van der Waals surface area contributed by atoms with Crippen molar-refractivity contribution in [1.82, 2.24) is 0 Å². The molecule has 0 saturated carbocycles. The number of primary amides is 1. The van der Waals surface area contributed by atoms with Crippen molar-refractivity contribution in [2.24, 2.45) is 11.5 Å². The summed E-state index contributed by atoms with van der Waals surface area (Å²) in [7, 11) is 0. The van der Waals surface area contributed by atoms with Crippen LogP contribution in [0.1, 0.15) is 5.56 Å². The van der Waals surface area contributed by atoms with E-state index >= 15 is 0 Å². The standard InChI is InChI=1S/C10H14N2OS/c11-9(10(12)13)7-14-6-8-4-2-1-3-5-8/h1-5,9H,6-7,11H2,(H2,12,13)/t9-/m0/s1. The van der Waals surface area contributed by atoms with Gasteiger partial charge in [0.2, 0.25) is 5.91 Å². The van der Waals surface area contributed by atoms with E-state index in [1.165, 1.54) is 5.56 Å². The lowest BCUT2D eigenvalue weighted by Crippen LogP contribution is -2.38. The van der Waals surface area contributed by atoms with Gasteiger partial charge >= 0.3 is 0 Å². The maximum absolute atomic E-state index is 10.6. The molecule has 0 fully saturated rings. The van der Waals surface area contributed by atoms with Gasteiger partial charge in [-0.1, -0.05) is 30.3 Å². The van der Waals surface area contributed by atoms with Crippen molar-refractivity contribution in [3.63, 3.8) is 0 Å². The molecule has 1 aromatic carbocycles. The fourth-order valence-electron chi connectivity index (χ4n) is 0.960. The van der Waals surface area contributed by atoms with Gasteiger partial charge in [-0.05, 0) is 5.56 Å². The molecule has 0 aliphatic rings. The second kappa shape index (κ2) is 5.67. The number of thioether (sulfide) groups is 1. The smallest absolute Gasteiger partial charge is 0.235 e. The van der Waals surface area contributed by atoms with E-state index in [9.17, 15) is 4.79 Å². The number of hydrogen-bond donors (Lipinski definition) is 2. The fraction of sp³-hybridized carbons (Fsp3) is 0.300. The van der Waals surface area contributed by atoms with Crippen molar-refractivity contribution in [3.05, 3.63) is 35.9 Å². The lowest BCUT2D eigenvalue weighted by molar-refractivity contribution is -0.118. The van der Waals surface area contributed by atoms with Crippen LogP contribution in [0.25, 0.3) is 0 Å². The van der Waals surface area contributed by atoms with E-state index < -0.39 is 11.9 Å². The Kier molecular flexibility index (Phi) is 4.49. The number of carbonyl (C=O) groups excluding carboxylic acids is 1. The van der Waals surface area contributed by atoms with Crippen LogP contribution in [0.5, 0.6) is 0 Å². The SMILES string of the molecule is NC(=O)[C@@H](N)CSCc1ccccc1. The van der Waals surface area contributed by atoms with Gasteiger partial charge in [0.25, 0.3) is 0 Å². The highest BCUT2D eigenvalue weighted by Gasteiger charge is 2.08. The minimum atomic E-state index is -0.538. The Bertz CT molecular complexity index is 289. The molecule has 0 heterocycles.